The molecule has 0 radical (unpaired) electrons. The number of allylic oxidation sites excluding steroid dienone is 2. The maximum absolute atomic E-state index is 15.1. The Bertz CT molecular complexity index is 2080. The van der Waals surface area contributed by atoms with Gasteiger partial charge in [-0.25, -0.2) is 17.8 Å². The number of methoxy groups -OCH3 is 2. The maximum Gasteiger partial charge on any atom is 0.307 e. The number of hydrogen-bond donors (Lipinski definition) is 2. The van der Waals surface area contributed by atoms with Crippen LogP contribution in [0.5, 0.6) is 17.4 Å². The first-order chi connectivity index (χ1) is 27.3. The summed E-state index contributed by atoms with van der Waals surface area (Å²) in [5.41, 5.74) is -2.20. The van der Waals surface area contributed by atoms with Gasteiger partial charge in [-0.15, -0.1) is 0 Å². The number of ketones is 1. The van der Waals surface area contributed by atoms with E-state index in [-0.39, 0.29) is 73.9 Å². The number of hydrogen-bond acceptors (Lipinski definition) is 12. The Morgan fingerprint density at radius 2 is 1.78 bits per heavy atom. The van der Waals surface area contributed by atoms with Crippen LogP contribution < -0.4 is 18.9 Å². The van der Waals surface area contributed by atoms with Crippen LogP contribution in [0.15, 0.2) is 30.5 Å². The van der Waals surface area contributed by atoms with E-state index in [0.717, 1.165) is 6.42 Å². The van der Waals surface area contributed by atoms with Gasteiger partial charge in [-0.1, -0.05) is 26.0 Å². The van der Waals surface area contributed by atoms with Crippen molar-refractivity contribution in [2.45, 2.75) is 115 Å². The Hall–Kier alpha value is -4.31. The van der Waals surface area contributed by atoms with E-state index >= 15 is 4.39 Å². The summed E-state index contributed by atoms with van der Waals surface area (Å²) in [5.74, 6) is -4.06. The topological polar surface area (TPSA) is 188 Å². The van der Waals surface area contributed by atoms with Crippen molar-refractivity contribution in [2.24, 2.45) is 29.1 Å². The number of rotatable bonds is 10. The number of pyridine rings is 1. The van der Waals surface area contributed by atoms with Gasteiger partial charge in [0.05, 0.1) is 62.7 Å². The lowest BCUT2D eigenvalue weighted by Crippen LogP contribution is -2.48. The van der Waals surface area contributed by atoms with Gasteiger partial charge in [-0.05, 0) is 89.2 Å². The molecule has 318 valence electrons. The molecule has 2 aliphatic heterocycles. The minimum absolute atomic E-state index is 0.0203. The molecule has 0 unspecified atom stereocenters. The molecule has 2 amide bonds. The number of ether oxygens (including phenoxy) is 4. The lowest BCUT2D eigenvalue weighted by Gasteiger charge is -2.32. The number of amides is 2. The molecule has 3 fully saturated rings. The molecule has 1 saturated heterocycles. The van der Waals surface area contributed by atoms with Crippen LogP contribution in [-0.2, 0) is 33.9 Å². The molecule has 2 N–H and O–H groups in total. The second-order valence-electron chi connectivity index (χ2n) is 17.8. The van der Waals surface area contributed by atoms with Gasteiger partial charge in [0.15, 0.2) is 17.3 Å². The molecule has 4 aliphatic rings. The largest absolute Gasteiger partial charge is 0.494 e. The molecule has 16 heteroatoms. The summed E-state index contributed by atoms with van der Waals surface area (Å²) in [6.45, 7) is 8.50. The van der Waals surface area contributed by atoms with Crippen molar-refractivity contribution in [1.29, 1.82) is 0 Å². The van der Waals surface area contributed by atoms with E-state index < -0.39 is 85.8 Å². The first-order valence-corrected chi connectivity index (χ1v) is 21.5. The second kappa shape index (κ2) is 16.4. The van der Waals surface area contributed by atoms with E-state index in [9.17, 15) is 32.7 Å². The standard InChI is InChI=1S/C42H56FN3O11S/c1-24-10-8-9-11-26-19-42(26,39(51)45-58(52,53)41(23-47)12-13-41)20-33(48)32-15-27(22-46(32)38(50)28(25(2)14-24)18-36(49)57-40(3,4)5)56-37-30-16-31(43)34(54-6)17-29(30)35(55-7)21-44-37/h9,11,16-17,21,24-28,32,47H,8,10,12-15,18-20,22-23H2,1-7H3,(H,45,51)/b11-9-/t24-,25+,26+,27+,28-,32-,42+/m0/s1. The summed E-state index contributed by atoms with van der Waals surface area (Å²) in [6, 6.07) is 1.56. The predicted octanol–water partition coefficient (Wildman–Crippen LogP) is 5.04. The van der Waals surface area contributed by atoms with Crippen LogP contribution in [0.3, 0.4) is 0 Å². The number of aliphatic hydroxyl groups excluding tert-OH is 1. The molecule has 2 aliphatic carbocycles. The zero-order chi connectivity index (χ0) is 42.4. The molecule has 1 aromatic heterocycles. The van der Waals surface area contributed by atoms with Gasteiger partial charge in [0.2, 0.25) is 27.7 Å². The number of esters is 1. The van der Waals surface area contributed by atoms with E-state index in [0.29, 0.717) is 24.0 Å². The summed E-state index contributed by atoms with van der Waals surface area (Å²) in [4.78, 5) is 62.8. The summed E-state index contributed by atoms with van der Waals surface area (Å²) in [5, 5.41) is 10.6. The number of nitrogens with zero attached hydrogens (tertiary/aromatic N) is 2. The number of carbonyl (C=O) groups excluding carboxylic acids is 4. The number of fused-ring (bicyclic) bond motifs is 3. The van der Waals surface area contributed by atoms with Crippen molar-refractivity contribution in [1.82, 2.24) is 14.6 Å². The number of carbonyl (C=O) groups is 4. The number of halogens is 1. The van der Waals surface area contributed by atoms with Crippen molar-refractivity contribution in [3.8, 4) is 17.4 Å². The monoisotopic (exact) mass is 829 g/mol. The molecule has 6 rings (SSSR count). The summed E-state index contributed by atoms with van der Waals surface area (Å²) >= 11 is 0. The number of nitrogens with one attached hydrogen (secondary N) is 1. The van der Waals surface area contributed by atoms with Crippen molar-refractivity contribution >= 4 is 44.4 Å². The average molecular weight is 830 g/mol. The molecule has 0 spiro atoms. The first kappa shape index (κ1) is 43.3. The van der Waals surface area contributed by atoms with Gasteiger partial charge in [-0.2, -0.15) is 0 Å². The Morgan fingerprint density at radius 1 is 1.07 bits per heavy atom. The van der Waals surface area contributed by atoms with Crippen LogP contribution in [0.25, 0.3) is 10.8 Å². The van der Waals surface area contributed by atoms with Gasteiger partial charge in [-0.3, -0.25) is 23.9 Å². The van der Waals surface area contributed by atoms with Gasteiger partial charge in [0.25, 0.3) is 0 Å². The van der Waals surface area contributed by atoms with Crippen LogP contribution in [0.4, 0.5) is 4.39 Å². The quantitative estimate of drug-likeness (QED) is 0.241. The Labute approximate surface area is 339 Å². The molecule has 58 heavy (non-hydrogen) atoms. The molecular weight excluding hydrogens is 774 g/mol. The zero-order valence-electron chi connectivity index (χ0n) is 34.3. The minimum atomic E-state index is -4.25. The van der Waals surface area contributed by atoms with Crippen LogP contribution in [0.2, 0.25) is 0 Å². The van der Waals surface area contributed by atoms with Crippen LogP contribution in [0.1, 0.15) is 92.4 Å². The molecule has 2 aromatic rings. The molecule has 3 heterocycles. The second-order valence-corrected chi connectivity index (χ2v) is 19.8. The molecule has 7 atom stereocenters. The van der Waals surface area contributed by atoms with Crippen LogP contribution in [0, 0.1) is 34.9 Å². The van der Waals surface area contributed by atoms with Gasteiger partial charge in [0, 0.05) is 18.2 Å². The average Bonchev–Trinajstić information content (AvgIpc) is 4.05. The molecular formula is C42H56FN3O11S. The number of sulfonamides is 1. The SMILES string of the molecule is COc1cc2c(OC)cnc(O[C@@H]3C[C@H]4C(=O)C[C@]5(C(=O)NS(=O)(=O)C6(CO)CC6)C[C@H]5/C=C\CC[C@H](C)C[C@@H](C)[C@H](CC(=O)OC(C)(C)C)C(=O)N4C3)c2cc1F. The van der Waals surface area contributed by atoms with Crippen molar-refractivity contribution < 1.29 is 56.0 Å². The highest BCUT2D eigenvalue weighted by Gasteiger charge is 2.63. The normalized spacial score (nSPS) is 29.3. The van der Waals surface area contributed by atoms with Gasteiger partial charge >= 0.3 is 5.97 Å². The lowest BCUT2D eigenvalue weighted by molar-refractivity contribution is -0.160. The number of aliphatic hydroxyl groups is 1. The van der Waals surface area contributed by atoms with Crippen molar-refractivity contribution in [2.75, 3.05) is 27.4 Å². The number of benzene rings is 1. The lowest BCUT2D eigenvalue weighted by atomic mass is 9.82. The molecule has 1 aromatic carbocycles. The molecule has 0 bridgehead atoms. The fourth-order valence-corrected chi connectivity index (χ4v) is 10.1. The summed E-state index contributed by atoms with van der Waals surface area (Å²) in [7, 11) is -1.47. The Morgan fingerprint density at radius 3 is 2.41 bits per heavy atom. The van der Waals surface area contributed by atoms with Crippen molar-refractivity contribution in [3.63, 3.8) is 0 Å². The van der Waals surface area contributed by atoms with Gasteiger partial charge in [0.1, 0.15) is 22.2 Å². The highest BCUT2D eigenvalue weighted by Crippen LogP contribution is 2.58. The van der Waals surface area contributed by atoms with E-state index in [4.69, 9.17) is 18.9 Å². The Kier molecular flexibility index (Phi) is 12.2. The fraction of sp³-hybridized carbons (Fsp3) is 0.643. The summed E-state index contributed by atoms with van der Waals surface area (Å²) < 4.78 is 65.2. The highest BCUT2D eigenvalue weighted by molar-refractivity contribution is 7.91. The van der Waals surface area contributed by atoms with E-state index in [1.54, 1.807) is 20.8 Å². The van der Waals surface area contributed by atoms with Crippen molar-refractivity contribution in [3.05, 3.63) is 36.3 Å². The van der Waals surface area contributed by atoms with E-state index in [1.807, 2.05) is 19.1 Å². The van der Waals surface area contributed by atoms with E-state index in [2.05, 4.69) is 16.6 Å². The first-order valence-electron chi connectivity index (χ1n) is 20.0. The number of aromatic nitrogens is 1. The number of Topliss-reactive ketones (excluding diaryl/α,β-unsaturated/α-hetero) is 1. The van der Waals surface area contributed by atoms with Crippen LogP contribution >= 0.6 is 0 Å². The van der Waals surface area contributed by atoms with E-state index in [1.165, 1.54) is 37.4 Å². The molecule has 2 saturated carbocycles. The van der Waals surface area contributed by atoms with Gasteiger partial charge < -0.3 is 29.0 Å². The minimum Gasteiger partial charge on any atom is -0.494 e. The third-order valence-electron chi connectivity index (χ3n) is 12.3. The Balaban J connectivity index is 1.37. The zero-order valence-corrected chi connectivity index (χ0v) is 35.2. The van der Waals surface area contributed by atoms with Crippen LogP contribution in [-0.4, -0.2) is 96.8 Å². The maximum atomic E-state index is 15.1. The highest BCUT2D eigenvalue weighted by atomic mass is 32.2. The smallest absolute Gasteiger partial charge is 0.307 e. The summed E-state index contributed by atoms with van der Waals surface area (Å²) in [6.07, 6.45) is 6.45. The fourth-order valence-electron chi connectivity index (χ4n) is 8.60. The third kappa shape index (κ3) is 8.82. The third-order valence-corrected chi connectivity index (χ3v) is 14.4. The molecule has 14 nitrogen and oxygen atoms in total. The predicted molar refractivity (Wildman–Crippen MR) is 211 cm³/mol.